The third-order valence-electron chi connectivity index (χ3n) is 3.99. The average molecular weight is 339 g/mol. The molecule has 0 atom stereocenters. The largest absolute Gasteiger partial charge is 0.361 e. The summed E-state index contributed by atoms with van der Waals surface area (Å²) in [4.78, 5) is 0. The summed E-state index contributed by atoms with van der Waals surface area (Å²) in [6.07, 6.45) is 6.88. The molecular weight excluding hydrogens is 318 g/mol. The molecule has 0 heterocycles. The fraction of sp³-hybridized carbons (Fsp3) is 0.150. The van der Waals surface area contributed by atoms with Crippen LogP contribution in [0.1, 0.15) is 19.3 Å². The molecule has 0 spiro atoms. The first-order valence-electron chi connectivity index (χ1n) is 8.07. The normalized spacial score (nSPS) is 17.2. The fourth-order valence-electron chi connectivity index (χ4n) is 2.70. The first kappa shape index (κ1) is 16.3. The van der Waals surface area contributed by atoms with E-state index in [2.05, 4.69) is 5.32 Å². The smallest absolute Gasteiger partial charge is 0.234 e. The predicted molar refractivity (Wildman–Crippen MR) is 101 cm³/mol. The van der Waals surface area contributed by atoms with Crippen molar-refractivity contribution in [3.8, 4) is 0 Å². The zero-order valence-corrected chi connectivity index (χ0v) is 14.2. The van der Waals surface area contributed by atoms with Crippen LogP contribution < -0.4 is 11.2 Å². The lowest BCUT2D eigenvalue weighted by molar-refractivity contribution is -0.447. The Hall–Kier alpha value is -2.52. The minimum absolute atomic E-state index is 0.788. The van der Waals surface area contributed by atoms with Gasteiger partial charge in [0.25, 0.3) is 0 Å². The Morgan fingerprint density at radius 1 is 0.958 bits per heavy atom. The molecule has 0 aromatic heterocycles. The number of hydrogen-bond donors (Lipinski definition) is 2. The summed E-state index contributed by atoms with van der Waals surface area (Å²) in [6.45, 7) is 0. The first-order valence-corrected chi connectivity index (χ1v) is 8.45. The minimum atomic E-state index is 0.788. The van der Waals surface area contributed by atoms with Crippen molar-refractivity contribution < 1.29 is 4.68 Å². The van der Waals surface area contributed by atoms with Crippen LogP contribution in [0.4, 0.5) is 11.4 Å². The molecule has 0 fully saturated rings. The Morgan fingerprint density at radius 3 is 2.33 bits per heavy atom. The van der Waals surface area contributed by atoms with E-state index in [1.165, 1.54) is 0 Å². The van der Waals surface area contributed by atoms with Gasteiger partial charge in [-0.1, -0.05) is 52.7 Å². The number of nitrogens with one attached hydrogen (secondary N) is 1. The Balaban J connectivity index is 1.82. The van der Waals surface area contributed by atoms with Gasteiger partial charge in [-0.25, -0.2) is 5.84 Å². The van der Waals surface area contributed by atoms with Crippen molar-refractivity contribution in [2.45, 2.75) is 19.3 Å². The van der Waals surface area contributed by atoms with Crippen LogP contribution in [0.3, 0.4) is 0 Å². The van der Waals surface area contributed by atoms with Crippen LogP contribution in [0.5, 0.6) is 0 Å². The zero-order chi connectivity index (χ0) is 16.8. The van der Waals surface area contributed by atoms with Gasteiger partial charge in [-0.15, -0.1) is 0 Å². The lowest BCUT2D eigenvalue weighted by Crippen LogP contribution is -2.17. The van der Waals surface area contributed by atoms with E-state index >= 15 is 0 Å². The highest BCUT2D eigenvalue weighted by Crippen LogP contribution is 2.31. The molecule has 3 rings (SSSR count). The van der Waals surface area contributed by atoms with Crippen molar-refractivity contribution >= 4 is 29.2 Å². The average Bonchev–Trinajstić information content (AvgIpc) is 2.64. The maximum atomic E-state index is 6.60. The van der Waals surface area contributed by atoms with Crippen molar-refractivity contribution in [1.82, 2.24) is 0 Å². The molecule has 4 heteroatoms. The summed E-state index contributed by atoms with van der Waals surface area (Å²) in [6, 6.07) is 19.9. The van der Waals surface area contributed by atoms with E-state index in [1.54, 1.807) is 4.68 Å². The molecular formula is C20H21ClN3+. The molecule has 3 N–H and O–H groups in total. The van der Waals surface area contributed by atoms with Crippen LogP contribution in [0, 0.1) is 0 Å². The van der Waals surface area contributed by atoms with Gasteiger partial charge >= 0.3 is 0 Å². The Labute approximate surface area is 147 Å². The van der Waals surface area contributed by atoms with Crippen molar-refractivity contribution in [3.05, 3.63) is 83.0 Å². The highest BCUT2D eigenvalue weighted by molar-refractivity contribution is 6.33. The number of hydrogen-bond acceptors (Lipinski definition) is 2. The summed E-state index contributed by atoms with van der Waals surface area (Å²) >= 11 is 6.60. The lowest BCUT2D eigenvalue weighted by atomic mass is 9.96. The predicted octanol–water partition coefficient (Wildman–Crippen LogP) is 4.95. The molecule has 1 aliphatic rings. The molecule has 2 aromatic carbocycles. The van der Waals surface area contributed by atoms with Crippen LogP contribution in [-0.2, 0) is 0 Å². The molecule has 0 bridgehead atoms. The molecule has 0 radical (unpaired) electrons. The third-order valence-corrected chi connectivity index (χ3v) is 4.48. The maximum Gasteiger partial charge on any atom is 0.234 e. The quantitative estimate of drug-likeness (QED) is 0.358. The Kier molecular flexibility index (Phi) is 5.34. The molecule has 0 unspecified atom stereocenters. The first-order chi connectivity index (χ1) is 11.7. The highest BCUT2D eigenvalue weighted by atomic mass is 35.5. The van der Waals surface area contributed by atoms with Gasteiger partial charge in [-0.05, 0) is 37.0 Å². The third kappa shape index (κ3) is 4.06. The van der Waals surface area contributed by atoms with E-state index in [4.69, 9.17) is 17.4 Å². The summed E-state index contributed by atoms with van der Waals surface area (Å²) in [5, 5.41) is 4.10. The molecule has 0 saturated heterocycles. The van der Waals surface area contributed by atoms with Crippen molar-refractivity contribution in [2.24, 2.45) is 5.84 Å². The standard InChI is InChI=1S/C20H20ClN3/c21-20-16(14-23-18-10-3-1-4-11-18)8-7-9-17(20)15-24(22)19-12-5-2-6-13-19/h1-6,10-15H,7-9,22H2/p+1. The molecule has 0 amide bonds. The van der Waals surface area contributed by atoms with Crippen LogP contribution in [-0.4, -0.2) is 10.9 Å². The number of anilines is 1. The molecule has 3 nitrogen and oxygen atoms in total. The van der Waals surface area contributed by atoms with Crippen LogP contribution in [0.15, 0.2) is 83.0 Å². The topological polar surface area (TPSA) is 41.1 Å². The zero-order valence-electron chi connectivity index (χ0n) is 13.5. The second-order valence-electron chi connectivity index (χ2n) is 5.74. The van der Waals surface area contributed by atoms with Crippen molar-refractivity contribution in [1.29, 1.82) is 0 Å². The van der Waals surface area contributed by atoms with E-state index in [-0.39, 0.29) is 0 Å². The van der Waals surface area contributed by atoms with Gasteiger partial charge < -0.3 is 5.32 Å². The summed E-state index contributed by atoms with van der Waals surface area (Å²) in [7, 11) is 0. The number of halogens is 1. The van der Waals surface area contributed by atoms with Crippen LogP contribution in [0.25, 0.3) is 0 Å². The number of allylic oxidation sites excluding steroid dienone is 3. The number of rotatable bonds is 4. The van der Waals surface area contributed by atoms with E-state index in [0.29, 0.717) is 0 Å². The summed E-state index contributed by atoms with van der Waals surface area (Å²) in [5.41, 5.74) is 4.16. The molecule has 2 aromatic rings. The second kappa shape index (κ2) is 7.84. The lowest BCUT2D eigenvalue weighted by Gasteiger charge is -2.16. The number of nitrogens with zero attached hydrogens (tertiary/aromatic N) is 1. The van der Waals surface area contributed by atoms with Gasteiger partial charge in [0.15, 0.2) is 0 Å². The van der Waals surface area contributed by atoms with Crippen LogP contribution in [0.2, 0.25) is 0 Å². The van der Waals surface area contributed by atoms with E-state index in [1.807, 2.05) is 73.1 Å². The van der Waals surface area contributed by atoms with E-state index < -0.39 is 0 Å². The second-order valence-corrected chi connectivity index (χ2v) is 6.12. The number of para-hydroxylation sites is 2. The minimum Gasteiger partial charge on any atom is -0.361 e. The van der Waals surface area contributed by atoms with Crippen molar-refractivity contribution in [3.63, 3.8) is 0 Å². The Bertz CT molecular complexity index is 777. The molecule has 122 valence electrons. The van der Waals surface area contributed by atoms with E-state index in [0.717, 1.165) is 46.8 Å². The van der Waals surface area contributed by atoms with Gasteiger partial charge in [-0.2, -0.15) is 0 Å². The van der Waals surface area contributed by atoms with Crippen LogP contribution >= 0.6 is 11.6 Å². The maximum absolute atomic E-state index is 6.60. The SMILES string of the molecule is N/[N+](=C\C1=C(Cl)C(=C/Nc2ccccc2)/CCC1)c1ccccc1. The molecule has 1 aliphatic carbocycles. The molecule has 24 heavy (non-hydrogen) atoms. The van der Waals surface area contributed by atoms with Gasteiger partial charge in [0, 0.05) is 29.6 Å². The summed E-state index contributed by atoms with van der Waals surface area (Å²) < 4.78 is 1.63. The Morgan fingerprint density at radius 2 is 1.62 bits per heavy atom. The fourth-order valence-corrected chi connectivity index (χ4v) is 2.99. The van der Waals surface area contributed by atoms with Gasteiger partial charge in [-0.3, -0.25) is 0 Å². The van der Waals surface area contributed by atoms with Gasteiger partial charge in [0.2, 0.25) is 11.9 Å². The number of hydrazine groups is 1. The monoisotopic (exact) mass is 338 g/mol. The molecule has 0 aliphatic heterocycles. The van der Waals surface area contributed by atoms with Gasteiger partial charge in [0.1, 0.15) is 0 Å². The summed E-state index contributed by atoms with van der Waals surface area (Å²) in [5.74, 6) is 6.15. The molecule has 0 saturated carbocycles. The number of nitrogens with two attached hydrogens (primary N) is 1. The number of benzene rings is 2. The highest BCUT2D eigenvalue weighted by Gasteiger charge is 2.18. The van der Waals surface area contributed by atoms with Gasteiger partial charge in [0.05, 0.1) is 5.03 Å². The van der Waals surface area contributed by atoms with E-state index in [9.17, 15) is 0 Å². The van der Waals surface area contributed by atoms with Crippen molar-refractivity contribution in [2.75, 3.05) is 5.32 Å². The number of hydrazone groups is 1.